The van der Waals surface area contributed by atoms with E-state index >= 15 is 0 Å². The van der Waals surface area contributed by atoms with Crippen LogP contribution in [0.15, 0.2) is 78.9 Å². The highest BCUT2D eigenvalue weighted by molar-refractivity contribution is 5.33. The lowest BCUT2D eigenvalue weighted by Gasteiger charge is -2.14. The number of quaternary nitrogens is 1. The first-order chi connectivity index (χ1) is 12.2. The molecule has 0 aliphatic rings. The number of halogens is 1. The summed E-state index contributed by atoms with van der Waals surface area (Å²) in [5.74, 6) is 0.650. The lowest BCUT2D eigenvalue weighted by molar-refractivity contribution is -0.708. The molecule has 3 rings (SSSR count). The lowest BCUT2D eigenvalue weighted by atomic mass is 10.1. The van der Waals surface area contributed by atoms with Gasteiger partial charge in [-0.1, -0.05) is 54.6 Å². The van der Waals surface area contributed by atoms with Crippen molar-refractivity contribution in [2.75, 3.05) is 0 Å². The molecule has 0 aliphatic heterocycles. The van der Waals surface area contributed by atoms with Gasteiger partial charge in [-0.2, -0.15) is 0 Å². The molecule has 25 heavy (non-hydrogen) atoms. The monoisotopic (exact) mass is 336 g/mol. The Bertz CT molecular complexity index is 787. The minimum atomic E-state index is -0.228. The quantitative estimate of drug-likeness (QED) is 0.686. The molecule has 0 bridgehead atoms. The van der Waals surface area contributed by atoms with E-state index in [-0.39, 0.29) is 5.82 Å². The summed E-state index contributed by atoms with van der Waals surface area (Å²) in [6.45, 7) is 3.48. The van der Waals surface area contributed by atoms with E-state index in [1.807, 2.05) is 24.3 Å². The maximum absolute atomic E-state index is 13.0. The molecule has 0 spiro atoms. The van der Waals surface area contributed by atoms with Crippen LogP contribution in [0.4, 0.5) is 4.39 Å². The Labute approximate surface area is 148 Å². The number of hydrogen-bond donors (Lipinski definition) is 1. The lowest BCUT2D eigenvalue weighted by Crippen LogP contribution is -2.83. The number of ether oxygens (including phenoxy) is 1. The Kier molecular flexibility index (Phi) is 5.81. The fourth-order valence-corrected chi connectivity index (χ4v) is 2.75. The molecule has 3 heteroatoms. The smallest absolute Gasteiger partial charge is 0.128 e. The van der Waals surface area contributed by atoms with Gasteiger partial charge < -0.3 is 10.1 Å². The van der Waals surface area contributed by atoms with Crippen LogP contribution in [0.3, 0.4) is 0 Å². The predicted molar refractivity (Wildman–Crippen MR) is 97.7 cm³/mol. The van der Waals surface area contributed by atoms with Gasteiger partial charge in [0, 0.05) is 11.1 Å². The van der Waals surface area contributed by atoms with Gasteiger partial charge in [0.15, 0.2) is 0 Å². The Balaban J connectivity index is 1.61. The molecule has 0 unspecified atom stereocenters. The molecular weight excluding hydrogens is 313 g/mol. The van der Waals surface area contributed by atoms with Crippen molar-refractivity contribution in [1.29, 1.82) is 0 Å². The maximum Gasteiger partial charge on any atom is 0.128 e. The van der Waals surface area contributed by atoms with Gasteiger partial charge in [-0.25, -0.2) is 4.39 Å². The molecule has 0 saturated heterocycles. The largest absolute Gasteiger partial charge is 0.488 e. The highest BCUT2D eigenvalue weighted by Crippen LogP contribution is 2.19. The highest BCUT2D eigenvalue weighted by Gasteiger charge is 2.10. The van der Waals surface area contributed by atoms with Crippen molar-refractivity contribution >= 4 is 0 Å². The molecule has 0 radical (unpaired) electrons. The van der Waals surface area contributed by atoms with Crippen molar-refractivity contribution < 1.29 is 14.4 Å². The molecule has 0 amide bonds. The molecule has 0 fully saturated rings. The zero-order valence-corrected chi connectivity index (χ0v) is 14.4. The molecule has 2 N–H and O–H groups in total. The molecule has 0 aliphatic carbocycles. The van der Waals surface area contributed by atoms with E-state index in [0.29, 0.717) is 12.6 Å². The van der Waals surface area contributed by atoms with E-state index in [1.165, 1.54) is 17.7 Å². The van der Waals surface area contributed by atoms with Gasteiger partial charge in [-0.3, -0.25) is 0 Å². The Hall–Kier alpha value is -2.65. The molecule has 128 valence electrons. The SMILES string of the molecule is C[C@H]([NH2+]Cc1ccccc1OCc1ccc(F)cc1)c1ccccc1. The Morgan fingerprint density at radius 2 is 1.56 bits per heavy atom. The topological polar surface area (TPSA) is 25.8 Å². The van der Waals surface area contributed by atoms with Crippen LogP contribution in [0.1, 0.15) is 29.7 Å². The van der Waals surface area contributed by atoms with E-state index < -0.39 is 0 Å². The predicted octanol–water partition coefficient (Wildman–Crippen LogP) is 4.23. The van der Waals surface area contributed by atoms with Crippen LogP contribution in [0.5, 0.6) is 5.75 Å². The van der Waals surface area contributed by atoms with E-state index in [1.54, 1.807) is 12.1 Å². The second kappa shape index (κ2) is 8.45. The summed E-state index contributed by atoms with van der Waals surface area (Å²) in [7, 11) is 0. The van der Waals surface area contributed by atoms with Crippen LogP contribution >= 0.6 is 0 Å². The summed E-state index contributed by atoms with van der Waals surface area (Å²) in [6, 6.07) is 25.4. The summed E-state index contributed by atoms with van der Waals surface area (Å²) >= 11 is 0. The minimum Gasteiger partial charge on any atom is -0.488 e. The van der Waals surface area contributed by atoms with Crippen molar-refractivity contribution in [3.63, 3.8) is 0 Å². The summed E-state index contributed by atoms with van der Waals surface area (Å²) in [5, 5.41) is 2.30. The van der Waals surface area contributed by atoms with Gasteiger partial charge >= 0.3 is 0 Å². The zero-order valence-electron chi connectivity index (χ0n) is 14.4. The molecular formula is C22H23FNO+. The summed E-state index contributed by atoms with van der Waals surface area (Å²) in [4.78, 5) is 0. The van der Waals surface area contributed by atoms with Gasteiger partial charge in [-0.05, 0) is 36.8 Å². The van der Waals surface area contributed by atoms with Crippen molar-refractivity contribution in [1.82, 2.24) is 0 Å². The number of benzene rings is 3. The molecule has 0 heterocycles. The van der Waals surface area contributed by atoms with Gasteiger partial charge in [0.2, 0.25) is 0 Å². The highest BCUT2D eigenvalue weighted by atomic mass is 19.1. The molecule has 3 aromatic rings. The Morgan fingerprint density at radius 1 is 0.880 bits per heavy atom. The standard InChI is InChI=1S/C22H22FNO/c1-17(19-7-3-2-4-8-19)24-15-20-9-5-6-10-22(20)25-16-18-11-13-21(23)14-12-18/h2-14,17,24H,15-16H2,1H3/p+1/t17-/m0/s1. The van der Waals surface area contributed by atoms with Gasteiger partial charge in [-0.15, -0.1) is 0 Å². The average molecular weight is 336 g/mol. The fourth-order valence-electron chi connectivity index (χ4n) is 2.75. The van der Waals surface area contributed by atoms with Crippen LogP contribution < -0.4 is 10.1 Å². The molecule has 0 aromatic heterocycles. The zero-order chi connectivity index (χ0) is 17.5. The van der Waals surface area contributed by atoms with Crippen molar-refractivity contribution in [3.05, 3.63) is 101 Å². The summed E-state index contributed by atoms with van der Waals surface area (Å²) in [5.41, 5.74) is 3.43. The first-order valence-corrected chi connectivity index (χ1v) is 8.56. The van der Waals surface area contributed by atoms with Crippen molar-refractivity contribution in [2.45, 2.75) is 26.1 Å². The van der Waals surface area contributed by atoms with Gasteiger partial charge in [0.05, 0.1) is 0 Å². The number of nitrogens with two attached hydrogens (primary N) is 1. The van der Waals surface area contributed by atoms with Gasteiger partial charge in [0.1, 0.15) is 30.8 Å². The molecule has 2 nitrogen and oxygen atoms in total. The van der Waals surface area contributed by atoms with Crippen molar-refractivity contribution in [3.8, 4) is 5.75 Å². The molecule has 3 aromatic carbocycles. The van der Waals surface area contributed by atoms with E-state index in [4.69, 9.17) is 4.74 Å². The van der Waals surface area contributed by atoms with Gasteiger partial charge in [0.25, 0.3) is 0 Å². The van der Waals surface area contributed by atoms with Crippen LogP contribution in [-0.4, -0.2) is 0 Å². The minimum absolute atomic E-state index is 0.228. The molecule has 0 saturated carbocycles. The second-order valence-corrected chi connectivity index (χ2v) is 6.16. The normalized spacial score (nSPS) is 11.9. The van der Waals surface area contributed by atoms with Crippen LogP contribution in [0, 0.1) is 5.82 Å². The first-order valence-electron chi connectivity index (χ1n) is 8.56. The van der Waals surface area contributed by atoms with E-state index in [0.717, 1.165) is 23.4 Å². The fraction of sp³-hybridized carbons (Fsp3) is 0.182. The number of para-hydroxylation sites is 1. The summed E-state index contributed by atoms with van der Waals surface area (Å²) in [6.07, 6.45) is 0. The third-order valence-corrected chi connectivity index (χ3v) is 4.30. The maximum atomic E-state index is 13.0. The summed E-state index contributed by atoms with van der Waals surface area (Å²) < 4.78 is 18.9. The third kappa shape index (κ3) is 4.91. The first kappa shape index (κ1) is 17.2. The average Bonchev–Trinajstić information content (AvgIpc) is 2.67. The number of rotatable bonds is 7. The third-order valence-electron chi connectivity index (χ3n) is 4.30. The van der Waals surface area contributed by atoms with Crippen LogP contribution in [0.2, 0.25) is 0 Å². The number of hydrogen-bond acceptors (Lipinski definition) is 1. The van der Waals surface area contributed by atoms with Crippen LogP contribution in [-0.2, 0) is 13.2 Å². The van der Waals surface area contributed by atoms with E-state index in [2.05, 4.69) is 42.6 Å². The molecule has 1 atom stereocenters. The van der Waals surface area contributed by atoms with E-state index in [9.17, 15) is 4.39 Å². The second-order valence-electron chi connectivity index (χ2n) is 6.16. The van der Waals surface area contributed by atoms with Crippen molar-refractivity contribution in [2.24, 2.45) is 0 Å². The Morgan fingerprint density at radius 3 is 2.32 bits per heavy atom. The van der Waals surface area contributed by atoms with Crippen LogP contribution in [0.25, 0.3) is 0 Å².